The minimum atomic E-state index is 1.15. The summed E-state index contributed by atoms with van der Waals surface area (Å²) in [6, 6.07) is 2.10. The molecule has 0 N–H and O–H groups in total. The standard InChI is InChI=1S/C6H7S2/c1-2-8-6-3-4-7-5-6/h3-4H,2H2,1H3. The van der Waals surface area contributed by atoms with Gasteiger partial charge in [0, 0.05) is 4.90 Å². The first-order valence-electron chi connectivity index (χ1n) is 2.51. The van der Waals surface area contributed by atoms with E-state index in [0.29, 0.717) is 0 Å². The average Bonchev–Trinajstić information content (AvgIpc) is 2.19. The fourth-order valence-electron chi connectivity index (χ4n) is 0.455. The summed E-state index contributed by atoms with van der Waals surface area (Å²) in [6.45, 7) is 2.15. The SMILES string of the molecule is CCSc1[c]scc1. The highest BCUT2D eigenvalue weighted by atomic mass is 32.2. The Balaban J connectivity index is 2.50. The highest BCUT2D eigenvalue weighted by Crippen LogP contribution is 2.18. The lowest BCUT2D eigenvalue weighted by Gasteiger charge is -1.85. The lowest BCUT2D eigenvalue weighted by Crippen LogP contribution is -1.62. The van der Waals surface area contributed by atoms with Gasteiger partial charge in [0.05, 0.1) is 5.38 Å². The number of thiophene rings is 1. The fraction of sp³-hybridized carbons (Fsp3) is 0.333. The summed E-state index contributed by atoms with van der Waals surface area (Å²) >= 11 is 3.47. The third-order valence-electron chi connectivity index (χ3n) is 0.747. The van der Waals surface area contributed by atoms with Gasteiger partial charge in [-0.2, -0.15) is 0 Å². The minimum Gasteiger partial charge on any atom is -0.142 e. The van der Waals surface area contributed by atoms with E-state index in [-0.39, 0.29) is 0 Å². The molecule has 2 heteroatoms. The predicted molar refractivity (Wildman–Crippen MR) is 39.6 cm³/mol. The topological polar surface area (TPSA) is 0 Å². The summed E-state index contributed by atoms with van der Waals surface area (Å²) in [6.07, 6.45) is 0. The molecule has 0 saturated carbocycles. The zero-order valence-electron chi connectivity index (χ0n) is 4.68. The van der Waals surface area contributed by atoms with Crippen molar-refractivity contribution in [2.75, 3.05) is 5.75 Å². The van der Waals surface area contributed by atoms with E-state index in [2.05, 4.69) is 23.8 Å². The average molecular weight is 143 g/mol. The fourth-order valence-corrected chi connectivity index (χ4v) is 1.85. The van der Waals surface area contributed by atoms with Crippen LogP contribution in [0.3, 0.4) is 0 Å². The van der Waals surface area contributed by atoms with E-state index in [1.165, 1.54) is 4.90 Å². The normalized spacial score (nSPS) is 9.62. The summed E-state index contributed by atoms with van der Waals surface area (Å²) in [5, 5.41) is 5.20. The molecule has 0 atom stereocenters. The van der Waals surface area contributed by atoms with Crippen LogP contribution in [0, 0.1) is 5.38 Å². The summed E-state index contributed by atoms with van der Waals surface area (Å²) in [5.41, 5.74) is 0. The Kier molecular flexibility index (Phi) is 2.43. The Morgan fingerprint density at radius 3 is 3.25 bits per heavy atom. The lowest BCUT2D eigenvalue weighted by atomic mass is 10.7. The van der Waals surface area contributed by atoms with E-state index in [1.54, 1.807) is 11.3 Å². The molecular weight excluding hydrogens is 136 g/mol. The van der Waals surface area contributed by atoms with E-state index in [0.717, 1.165) is 5.75 Å². The minimum absolute atomic E-state index is 1.15. The molecule has 1 rings (SSSR count). The molecule has 1 aromatic heterocycles. The van der Waals surface area contributed by atoms with Crippen LogP contribution in [0.1, 0.15) is 6.92 Å². The first-order chi connectivity index (χ1) is 3.93. The molecule has 0 aliphatic rings. The molecule has 0 amide bonds. The van der Waals surface area contributed by atoms with Crippen molar-refractivity contribution in [1.82, 2.24) is 0 Å². The maximum absolute atomic E-state index is 3.14. The van der Waals surface area contributed by atoms with Crippen LogP contribution in [0.2, 0.25) is 0 Å². The van der Waals surface area contributed by atoms with Crippen LogP contribution in [0.5, 0.6) is 0 Å². The monoisotopic (exact) mass is 143 g/mol. The molecule has 1 heterocycles. The Bertz CT molecular complexity index is 132. The van der Waals surface area contributed by atoms with Gasteiger partial charge in [-0.05, 0) is 17.2 Å². The van der Waals surface area contributed by atoms with Crippen molar-refractivity contribution in [3.05, 3.63) is 16.8 Å². The van der Waals surface area contributed by atoms with Crippen molar-refractivity contribution in [3.63, 3.8) is 0 Å². The van der Waals surface area contributed by atoms with Crippen LogP contribution >= 0.6 is 23.1 Å². The highest BCUT2D eigenvalue weighted by molar-refractivity contribution is 7.99. The van der Waals surface area contributed by atoms with Gasteiger partial charge < -0.3 is 0 Å². The smallest absolute Gasteiger partial charge is 0.0589 e. The van der Waals surface area contributed by atoms with E-state index in [1.807, 2.05) is 11.8 Å². The zero-order chi connectivity index (χ0) is 5.82. The zero-order valence-corrected chi connectivity index (χ0v) is 6.31. The summed E-state index contributed by atoms with van der Waals surface area (Å²) in [5.74, 6) is 1.15. The molecule has 0 unspecified atom stereocenters. The molecule has 0 aliphatic heterocycles. The molecule has 0 fully saturated rings. The van der Waals surface area contributed by atoms with E-state index in [4.69, 9.17) is 0 Å². The first-order valence-corrected chi connectivity index (χ1v) is 4.38. The van der Waals surface area contributed by atoms with Crippen LogP contribution in [-0.2, 0) is 0 Å². The molecule has 1 radical (unpaired) electrons. The van der Waals surface area contributed by atoms with Crippen molar-refractivity contribution in [3.8, 4) is 0 Å². The number of hydrogen-bond acceptors (Lipinski definition) is 2. The third kappa shape index (κ3) is 1.53. The predicted octanol–water partition coefficient (Wildman–Crippen LogP) is 2.66. The summed E-state index contributed by atoms with van der Waals surface area (Å²) < 4.78 is 0. The maximum atomic E-state index is 3.14. The number of thioether (sulfide) groups is 1. The van der Waals surface area contributed by atoms with Crippen molar-refractivity contribution in [2.24, 2.45) is 0 Å². The Morgan fingerprint density at radius 2 is 2.75 bits per heavy atom. The van der Waals surface area contributed by atoms with E-state index < -0.39 is 0 Å². The molecule has 43 valence electrons. The van der Waals surface area contributed by atoms with Gasteiger partial charge in [-0.3, -0.25) is 0 Å². The second kappa shape index (κ2) is 3.15. The first kappa shape index (κ1) is 6.17. The third-order valence-corrected chi connectivity index (χ3v) is 2.32. The molecule has 0 saturated heterocycles. The summed E-state index contributed by atoms with van der Waals surface area (Å²) in [4.78, 5) is 1.28. The van der Waals surface area contributed by atoms with Gasteiger partial charge in [-0.1, -0.05) is 6.92 Å². The van der Waals surface area contributed by atoms with Gasteiger partial charge in [0.15, 0.2) is 0 Å². The lowest BCUT2D eigenvalue weighted by molar-refractivity contribution is 1.48. The Morgan fingerprint density at radius 1 is 1.88 bits per heavy atom. The second-order valence-electron chi connectivity index (χ2n) is 1.32. The van der Waals surface area contributed by atoms with Gasteiger partial charge in [0.1, 0.15) is 0 Å². The van der Waals surface area contributed by atoms with E-state index >= 15 is 0 Å². The van der Waals surface area contributed by atoms with Crippen molar-refractivity contribution >= 4 is 23.1 Å². The van der Waals surface area contributed by atoms with Crippen LogP contribution in [0.4, 0.5) is 0 Å². The Hall–Kier alpha value is 0.0500. The van der Waals surface area contributed by atoms with Crippen LogP contribution < -0.4 is 0 Å². The van der Waals surface area contributed by atoms with Gasteiger partial charge >= 0.3 is 0 Å². The molecule has 0 nitrogen and oxygen atoms in total. The molecule has 0 aliphatic carbocycles. The quantitative estimate of drug-likeness (QED) is 0.573. The van der Waals surface area contributed by atoms with Crippen molar-refractivity contribution in [2.45, 2.75) is 11.8 Å². The van der Waals surface area contributed by atoms with Crippen LogP contribution in [-0.4, -0.2) is 5.75 Å². The van der Waals surface area contributed by atoms with Crippen molar-refractivity contribution in [1.29, 1.82) is 0 Å². The highest BCUT2D eigenvalue weighted by Gasteiger charge is 1.88. The second-order valence-corrected chi connectivity index (χ2v) is 3.34. The largest absolute Gasteiger partial charge is 0.142 e. The number of rotatable bonds is 2. The van der Waals surface area contributed by atoms with Crippen LogP contribution in [0.15, 0.2) is 16.3 Å². The molecule has 0 aromatic carbocycles. The van der Waals surface area contributed by atoms with E-state index in [9.17, 15) is 0 Å². The summed E-state index contributed by atoms with van der Waals surface area (Å²) in [7, 11) is 0. The molecule has 1 aromatic rings. The van der Waals surface area contributed by atoms with Gasteiger partial charge in [-0.15, -0.1) is 23.1 Å². The molecular formula is C6H7S2. The van der Waals surface area contributed by atoms with Crippen LogP contribution in [0.25, 0.3) is 0 Å². The number of hydrogen-bond donors (Lipinski definition) is 0. The van der Waals surface area contributed by atoms with Gasteiger partial charge in [0.25, 0.3) is 0 Å². The maximum Gasteiger partial charge on any atom is 0.0589 e. The molecule has 0 spiro atoms. The Labute approximate surface area is 57.9 Å². The van der Waals surface area contributed by atoms with Gasteiger partial charge in [0.2, 0.25) is 0 Å². The van der Waals surface area contributed by atoms with Crippen molar-refractivity contribution < 1.29 is 0 Å². The molecule has 8 heavy (non-hydrogen) atoms. The van der Waals surface area contributed by atoms with Gasteiger partial charge in [-0.25, -0.2) is 0 Å². The molecule has 0 bridgehead atoms.